The van der Waals surface area contributed by atoms with Gasteiger partial charge in [0.15, 0.2) is 11.1 Å². The fourth-order valence-corrected chi connectivity index (χ4v) is 3.52. The first-order valence-electron chi connectivity index (χ1n) is 7.95. The van der Waals surface area contributed by atoms with Crippen LogP contribution in [0.3, 0.4) is 0 Å². The van der Waals surface area contributed by atoms with E-state index in [0.29, 0.717) is 18.9 Å². The van der Waals surface area contributed by atoms with Gasteiger partial charge in [-0.05, 0) is 19.3 Å². The first-order valence-corrected chi connectivity index (χ1v) is 8.83. The molecule has 0 saturated heterocycles. The van der Waals surface area contributed by atoms with E-state index in [2.05, 4.69) is 20.6 Å². The molecule has 1 aliphatic carbocycles. The topological polar surface area (TPSA) is 52.6 Å². The lowest BCUT2D eigenvalue weighted by molar-refractivity contribution is -0.183. The maximum atomic E-state index is 12.9. The second-order valence-corrected chi connectivity index (χ2v) is 7.02. The summed E-state index contributed by atoms with van der Waals surface area (Å²) in [6.45, 7) is 0.486. The summed E-state index contributed by atoms with van der Waals surface area (Å²) in [6.07, 6.45) is -2.47. The first kappa shape index (κ1) is 22.3. The molecule has 1 saturated carbocycles. The SMILES string of the molecule is CN=C(NCc1csc(N(C)C)n1)NC1CCCC(C(F)(F)F)C1.I. The average Bonchev–Trinajstić information content (AvgIpc) is 3.00. The Morgan fingerprint density at radius 3 is 2.68 bits per heavy atom. The molecule has 1 aromatic rings. The van der Waals surface area contributed by atoms with Crippen molar-refractivity contribution < 1.29 is 13.2 Å². The van der Waals surface area contributed by atoms with Crippen molar-refractivity contribution in [3.8, 4) is 0 Å². The third-order valence-corrected chi connectivity index (χ3v) is 5.12. The summed E-state index contributed by atoms with van der Waals surface area (Å²) < 4.78 is 38.7. The zero-order chi connectivity index (χ0) is 17.7. The first-order chi connectivity index (χ1) is 11.3. The van der Waals surface area contributed by atoms with Gasteiger partial charge in [-0.15, -0.1) is 35.3 Å². The minimum Gasteiger partial charge on any atom is -0.354 e. The van der Waals surface area contributed by atoms with Crippen LogP contribution in [0.4, 0.5) is 18.3 Å². The van der Waals surface area contributed by atoms with Crippen molar-refractivity contribution in [2.24, 2.45) is 10.9 Å². The molecule has 0 bridgehead atoms. The molecule has 2 N–H and O–H groups in total. The Bertz CT molecular complexity index is 562. The lowest BCUT2D eigenvalue weighted by Crippen LogP contribution is -2.46. The third kappa shape index (κ3) is 6.80. The van der Waals surface area contributed by atoms with Gasteiger partial charge in [0.25, 0.3) is 0 Å². The van der Waals surface area contributed by atoms with Crippen LogP contribution in [0.25, 0.3) is 0 Å². The summed E-state index contributed by atoms with van der Waals surface area (Å²) in [4.78, 5) is 10.5. The van der Waals surface area contributed by atoms with Crippen molar-refractivity contribution >= 4 is 46.4 Å². The van der Waals surface area contributed by atoms with E-state index in [1.54, 1.807) is 18.4 Å². The van der Waals surface area contributed by atoms with E-state index >= 15 is 0 Å². The number of nitrogens with one attached hydrogen (secondary N) is 2. The number of hydrogen-bond acceptors (Lipinski definition) is 4. The molecule has 10 heteroatoms. The summed E-state index contributed by atoms with van der Waals surface area (Å²) in [5.74, 6) is -0.703. The third-order valence-electron chi connectivity index (χ3n) is 4.06. The zero-order valence-corrected chi connectivity index (χ0v) is 17.7. The lowest BCUT2D eigenvalue weighted by atomic mass is 9.85. The van der Waals surface area contributed by atoms with Crippen LogP contribution in [0.1, 0.15) is 31.4 Å². The number of nitrogens with zero attached hydrogens (tertiary/aromatic N) is 3. The number of halogens is 4. The van der Waals surface area contributed by atoms with Crippen LogP contribution in [0.15, 0.2) is 10.4 Å². The van der Waals surface area contributed by atoms with E-state index < -0.39 is 12.1 Å². The number of aromatic nitrogens is 1. The van der Waals surface area contributed by atoms with Gasteiger partial charge in [0, 0.05) is 32.6 Å². The largest absolute Gasteiger partial charge is 0.391 e. The maximum Gasteiger partial charge on any atom is 0.391 e. The minimum absolute atomic E-state index is 0. The van der Waals surface area contributed by atoms with Gasteiger partial charge in [-0.2, -0.15) is 13.2 Å². The van der Waals surface area contributed by atoms with Gasteiger partial charge in [0.1, 0.15) is 0 Å². The smallest absolute Gasteiger partial charge is 0.354 e. The van der Waals surface area contributed by atoms with Crippen molar-refractivity contribution in [3.63, 3.8) is 0 Å². The van der Waals surface area contributed by atoms with E-state index in [1.165, 1.54) is 0 Å². The Balaban J connectivity index is 0.00000312. The molecule has 2 rings (SSSR count). The monoisotopic (exact) mass is 491 g/mol. The molecule has 1 aliphatic rings. The molecule has 25 heavy (non-hydrogen) atoms. The van der Waals surface area contributed by atoms with Crippen molar-refractivity contribution in [2.45, 2.75) is 44.4 Å². The molecule has 2 atom stereocenters. The lowest BCUT2D eigenvalue weighted by Gasteiger charge is -2.31. The highest BCUT2D eigenvalue weighted by molar-refractivity contribution is 14.0. The van der Waals surface area contributed by atoms with E-state index in [9.17, 15) is 13.2 Å². The molecular weight excluding hydrogens is 466 g/mol. The molecule has 0 aromatic carbocycles. The van der Waals surface area contributed by atoms with Crippen LogP contribution in [-0.4, -0.2) is 44.3 Å². The highest BCUT2D eigenvalue weighted by Gasteiger charge is 2.42. The minimum atomic E-state index is -4.11. The number of rotatable bonds is 4. The Labute approximate surface area is 167 Å². The van der Waals surface area contributed by atoms with Crippen molar-refractivity contribution in [1.29, 1.82) is 0 Å². The number of guanidine groups is 1. The highest BCUT2D eigenvalue weighted by Crippen LogP contribution is 2.37. The molecule has 144 valence electrons. The van der Waals surface area contributed by atoms with Crippen LogP contribution >= 0.6 is 35.3 Å². The molecule has 0 aliphatic heterocycles. The summed E-state index contributed by atoms with van der Waals surface area (Å²) in [7, 11) is 5.47. The predicted octanol–water partition coefficient (Wildman–Crippen LogP) is 3.61. The van der Waals surface area contributed by atoms with Gasteiger partial charge in [-0.1, -0.05) is 6.42 Å². The van der Waals surface area contributed by atoms with Gasteiger partial charge >= 0.3 is 6.18 Å². The molecule has 0 spiro atoms. The molecule has 1 fully saturated rings. The molecule has 2 unspecified atom stereocenters. The van der Waals surface area contributed by atoms with E-state index in [4.69, 9.17) is 0 Å². The van der Waals surface area contributed by atoms with Crippen molar-refractivity contribution in [3.05, 3.63) is 11.1 Å². The van der Waals surface area contributed by atoms with Crippen LogP contribution in [0.5, 0.6) is 0 Å². The molecule has 1 heterocycles. The standard InChI is InChI=1S/C15H24F3N5S.HI/c1-19-13(20-8-12-9-24-14(22-12)23(2)3)21-11-6-4-5-10(7-11)15(16,17)18;/h9-11H,4-8H2,1-3H3,(H2,19,20,21);1H. The van der Waals surface area contributed by atoms with E-state index in [1.807, 2.05) is 24.4 Å². The molecule has 0 amide bonds. The van der Waals surface area contributed by atoms with Crippen LogP contribution in [0, 0.1) is 5.92 Å². The van der Waals surface area contributed by atoms with Gasteiger partial charge in [-0.25, -0.2) is 4.98 Å². The van der Waals surface area contributed by atoms with Crippen LogP contribution in [0.2, 0.25) is 0 Å². The highest BCUT2D eigenvalue weighted by atomic mass is 127. The normalized spacial score (nSPS) is 21.4. The number of hydrogen-bond donors (Lipinski definition) is 2. The summed E-state index contributed by atoms with van der Waals surface area (Å²) in [6, 6.07) is -0.204. The maximum absolute atomic E-state index is 12.9. The fraction of sp³-hybridized carbons (Fsp3) is 0.733. The second kappa shape index (κ2) is 9.79. The average molecular weight is 491 g/mol. The molecule has 1 aromatic heterocycles. The predicted molar refractivity (Wildman–Crippen MR) is 107 cm³/mol. The second-order valence-electron chi connectivity index (χ2n) is 6.19. The summed E-state index contributed by atoms with van der Waals surface area (Å²) >= 11 is 1.55. The van der Waals surface area contributed by atoms with Gasteiger partial charge < -0.3 is 15.5 Å². The Morgan fingerprint density at radius 2 is 2.12 bits per heavy atom. The Hall–Kier alpha value is -0.780. The number of alkyl halides is 3. The van der Waals surface area contributed by atoms with Gasteiger partial charge in [0.2, 0.25) is 0 Å². The summed E-state index contributed by atoms with van der Waals surface area (Å²) in [5.41, 5.74) is 0.878. The number of thiazole rings is 1. The van der Waals surface area contributed by atoms with Crippen LogP contribution < -0.4 is 15.5 Å². The zero-order valence-electron chi connectivity index (χ0n) is 14.6. The van der Waals surface area contributed by atoms with E-state index in [-0.39, 0.29) is 42.9 Å². The fourth-order valence-electron chi connectivity index (χ4n) is 2.76. The van der Waals surface area contributed by atoms with Crippen molar-refractivity contribution in [1.82, 2.24) is 15.6 Å². The quantitative estimate of drug-likeness (QED) is 0.384. The Kier molecular flexibility index (Phi) is 8.72. The van der Waals surface area contributed by atoms with E-state index in [0.717, 1.165) is 17.2 Å². The van der Waals surface area contributed by atoms with Crippen LogP contribution in [-0.2, 0) is 6.54 Å². The molecular formula is C15H25F3IN5S. The molecule has 0 radical (unpaired) electrons. The Morgan fingerprint density at radius 1 is 1.40 bits per heavy atom. The van der Waals surface area contributed by atoms with Gasteiger partial charge in [0.05, 0.1) is 18.2 Å². The number of anilines is 1. The molecule has 5 nitrogen and oxygen atoms in total. The van der Waals surface area contributed by atoms with Gasteiger partial charge in [-0.3, -0.25) is 4.99 Å². The number of aliphatic imine (C=N–C) groups is 1. The van der Waals surface area contributed by atoms with Crippen molar-refractivity contribution in [2.75, 3.05) is 26.0 Å². The summed E-state index contributed by atoms with van der Waals surface area (Å²) in [5, 5.41) is 9.10.